The Balaban J connectivity index is 3.34. The van der Waals surface area contributed by atoms with Crippen LogP contribution in [0.2, 0.25) is 0 Å². The predicted molar refractivity (Wildman–Crippen MR) is 71.9 cm³/mol. The molecular formula is C11H18N3O7S+. The molecule has 1 aromatic rings. The quantitative estimate of drug-likeness (QED) is 0.419. The maximum absolute atomic E-state index is 12.1. The molecule has 22 heavy (non-hydrogen) atoms. The first-order valence-corrected chi connectivity index (χ1v) is 7.41. The number of nitrogens with zero attached hydrogens (tertiary/aromatic N) is 3. The van der Waals surface area contributed by atoms with Crippen molar-refractivity contribution in [1.82, 2.24) is 8.87 Å². The summed E-state index contributed by atoms with van der Waals surface area (Å²) in [6.45, 7) is 0.653. The van der Waals surface area contributed by atoms with Gasteiger partial charge in [-0.05, 0) is 6.92 Å². The largest absolute Gasteiger partial charge is 0.466 e. The SMILES string of the molecule is COC(=O)N(C[C@@](C)(C(=O)OC)n1cc[n+](C)c1)S(=O)(=O)O. The van der Waals surface area contributed by atoms with Crippen molar-refractivity contribution in [3.63, 3.8) is 0 Å². The second kappa shape index (κ2) is 6.32. The molecule has 0 saturated heterocycles. The van der Waals surface area contributed by atoms with Crippen LogP contribution in [0.1, 0.15) is 6.92 Å². The normalized spacial score (nSPS) is 14.0. The molecule has 1 rings (SSSR count). The summed E-state index contributed by atoms with van der Waals surface area (Å²) in [5, 5.41) is 0. The monoisotopic (exact) mass is 336 g/mol. The summed E-state index contributed by atoms with van der Waals surface area (Å²) in [6.07, 6.45) is 3.28. The third kappa shape index (κ3) is 3.54. The Morgan fingerprint density at radius 3 is 2.32 bits per heavy atom. The number of carbonyl (C=O) groups is 2. The molecule has 1 atom stereocenters. The molecule has 1 heterocycles. The van der Waals surface area contributed by atoms with Crippen LogP contribution in [0.3, 0.4) is 0 Å². The van der Waals surface area contributed by atoms with Crippen LogP contribution in [0.25, 0.3) is 0 Å². The van der Waals surface area contributed by atoms with Gasteiger partial charge in [0.1, 0.15) is 12.4 Å². The van der Waals surface area contributed by atoms with E-state index in [0.717, 1.165) is 14.2 Å². The number of aryl methyl sites for hydroxylation is 1. The molecule has 1 amide bonds. The molecule has 11 heteroatoms. The number of amides is 1. The van der Waals surface area contributed by atoms with Gasteiger partial charge < -0.3 is 9.47 Å². The number of hydrogen-bond acceptors (Lipinski definition) is 6. The number of rotatable bonds is 5. The van der Waals surface area contributed by atoms with E-state index in [-0.39, 0.29) is 4.31 Å². The topological polar surface area (TPSA) is 119 Å². The van der Waals surface area contributed by atoms with Crippen LogP contribution >= 0.6 is 0 Å². The average Bonchev–Trinajstić information content (AvgIpc) is 2.88. The summed E-state index contributed by atoms with van der Waals surface area (Å²) in [6, 6.07) is 0. The van der Waals surface area contributed by atoms with Gasteiger partial charge in [-0.15, -0.1) is 0 Å². The van der Waals surface area contributed by atoms with Crippen LogP contribution in [0.5, 0.6) is 0 Å². The molecule has 0 radical (unpaired) electrons. The van der Waals surface area contributed by atoms with Crippen LogP contribution in [-0.2, 0) is 37.2 Å². The maximum atomic E-state index is 12.1. The van der Waals surface area contributed by atoms with Gasteiger partial charge >= 0.3 is 22.4 Å². The van der Waals surface area contributed by atoms with Crippen LogP contribution < -0.4 is 4.57 Å². The van der Waals surface area contributed by atoms with Crippen molar-refractivity contribution in [3.05, 3.63) is 18.7 Å². The van der Waals surface area contributed by atoms with Gasteiger partial charge in [0, 0.05) is 0 Å². The van der Waals surface area contributed by atoms with E-state index >= 15 is 0 Å². The zero-order chi connectivity index (χ0) is 17.1. The first-order chi connectivity index (χ1) is 10.1. The summed E-state index contributed by atoms with van der Waals surface area (Å²) >= 11 is 0. The molecule has 0 fully saturated rings. The Hall–Kier alpha value is -2.14. The molecule has 0 aliphatic rings. The molecular weight excluding hydrogens is 318 g/mol. The molecule has 124 valence electrons. The number of esters is 1. The van der Waals surface area contributed by atoms with E-state index in [0.29, 0.717) is 0 Å². The molecule has 0 aliphatic heterocycles. The summed E-state index contributed by atoms with van der Waals surface area (Å²) in [5.41, 5.74) is -1.60. The molecule has 0 spiro atoms. The van der Waals surface area contributed by atoms with Crippen molar-refractivity contribution in [1.29, 1.82) is 0 Å². The van der Waals surface area contributed by atoms with Crippen molar-refractivity contribution in [3.8, 4) is 0 Å². The smallest absolute Gasteiger partial charge is 0.425 e. The van der Waals surface area contributed by atoms with E-state index in [1.807, 2.05) is 0 Å². The molecule has 10 nitrogen and oxygen atoms in total. The summed E-state index contributed by atoms with van der Waals surface area (Å²) in [7, 11) is -1.16. The lowest BCUT2D eigenvalue weighted by Crippen LogP contribution is -2.52. The Morgan fingerprint density at radius 1 is 1.36 bits per heavy atom. The molecule has 0 aliphatic carbocycles. The van der Waals surface area contributed by atoms with Crippen molar-refractivity contribution >= 4 is 22.4 Å². The molecule has 0 aromatic carbocycles. The van der Waals surface area contributed by atoms with Crippen LogP contribution in [0.4, 0.5) is 4.79 Å². The third-order valence-electron chi connectivity index (χ3n) is 3.07. The highest BCUT2D eigenvalue weighted by Gasteiger charge is 2.47. The Kier molecular flexibility index (Phi) is 5.14. The zero-order valence-corrected chi connectivity index (χ0v) is 13.4. The van der Waals surface area contributed by atoms with Crippen molar-refractivity contribution in [2.24, 2.45) is 7.05 Å². The standard InChI is InChI=1S/C11H17N3O7S/c1-11(9(15)20-3,13-6-5-12(2)8-13)7-14(10(16)21-4)22(17,18)19/h5-6,8H,7H2,1-4H3/p+1/t11-/m0/s1. The van der Waals surface area contributed by atoms with E-state index in [2.05, 4.69) is 9.47 Å². The van der Waals surface area contributed by atoms with Crippen LogP contribution in [0, 0.1) is 0 Å². The van der Waals surface area contributed by atoms with Gasteiger partial charge in [0.2, 0.25) is 11.9 Å². The minimum absolute atomic E-state index is 0.0456. The zero-order valence-electron chi connectivity index (χ0n) is 12.6. The minimum Gasteiger partial charge on any atom is -0.466 e. The number of hydrogen-bond donors (Lipinski definition) is 1. The lowest BCUT2D eigenvalue weighted by Gasteiger charge is -2.28. The van der Waals surface area contributed by atoms with Crippen molar-refractivity contribution in [2.45, 2.75) is 12.5 Å². The maximum Gasteiger partial charge on any atom is 0.425 e. The number of aromatic nitrogens is 2. The van der Waals surface area contributed by atoms with E-state index in [9.17, 15) is 22.6 Å². The van der Waals surface area contributed by atoms with E-state index in [1.165, 1.54) is 24.0 Å². The number of ether oxygens (including phenoxy) is 2. The van der Waals surface area contributed by atoms with Crippen LogP contribution in [0.15, 0.2) is 18.7 Å². The highest BCUT2D eigenvalue weighted by molar-refractivity contribution is 7.83. The average molecular weight is 336 g/mol. The number of imidazole rings is 1. The van der Waals surface area contributed by atoms with Gasteiger partial charge in [-0.25, -0.2) is 18.7 Å². The highest BCUT2D eigenvalue weighted by atomic mass is 32.2. The fourth-order valence-electron chi connectivity index (χ4n) is 1.84. The Morgan fingerprint density at radius 2 is 1.95 bits per heavy atom. The van der Waals surface area contributed by atoms with E-state index < -0.39 is 34.5 Å². The van der Waals surface area contributed by atoms with Gasteiger partial charge in [-0.2, -0.15) is 12.7 Å². The lowest BCUT2D eigenvalue weighted by atomic mass is 10.0. The van der Waals surface area contributed by atoms with Gasteiger partial charge in [-0.3, -0.25) is 4.55 Å². The van der Waals surface area contributed by atoms with Gasteiger partial charge in [-0.1, -0.05) is 0 Å². The van der Waals surface area contributed by atoms with Crippen molar-refractivity contribution in [2.75, 3.05) is 20.8 Å². The fourth-order valence-corrected chi connectivity index (χ4v) is 2.51. The molecule has 1 aromatic heterocycles. The Labute approximate surface area is 127 Å². The highest BCUT2D eigenvalue weighted by Crippen LogP contribution is 2.21. The first kappa shape index (κ1) is 17.9. The fraction of sp³-hybridized carbons (Fsp3) is 0.545. The lowest BCUT2D eigenvalue weighted by molar-refractivity contribution is -0.671. The summed E-state index contributed by atoms with van der Waals surface area (Å²) in [4.78, 5) is 23.7. The predicted octanol–water partition coefficient (Wildman–Crippen LogP) is -0.928. The molecule has 0 bridgehead atoms. The number of methoxy groups -OCH3 is 2. The van der Waals surface area contributed by atoms with Gasteiger partial charge in [0.15, 0.2) is 0 Å². The first-order valence-electron chi connectivity index (χ1n) is 6.01. The Bertz CT molecular complexity index is 669. The summed E-state index contributed by atoms with van der Waals surface area (Å²) < 4.78 is 43.9. The molecule has 0 saturated carbocycles. The van der Waals surface area contributed by atoms with Crippen LogP contribution in [-0.4, -0.2) is 54.7 Å². The minimum atomic E-state index is -4.92. The van der Waals surface area contributed by atoms with E-state index in [4.69, 9.17) is 0 Å². The van der Waals surface area contributed by atoms with E-state index in [1.54, 1.807) is 17.8 Å². The van der Waals surface area contributed by atoms with Gasteiger partial charge in [0.05, 0.1) is 27.8 Å². The van der Waals surface area contributed by atoms with Crippen molar-refractivity contribution < 1.29 is 36.6 Å². The molecule has 1 N–H and O–H groups in total. The second-order valence-corrected chi connectivity index (χ2v) is 6.04. The molecule has 0 unspecified atom stereocenters. The van der Waals surface area contributed by atoms with Gasteiger partial charge in [0.25, 0.3) is 0 Å². The number of carbonyl (C=O) groups excluding carboxylic acids is 2. The summed E-state index contributed by atoms with van der Waals surface area (Å²) in [5.74, 6) is -0.804. The third-order valence-corrected chi connectivity index (χ3v) is 3.91. The second-order valence-electron chi connectivity index (χ2n) is 4.71.